The molecule has 3 rings (SSSR count). The Bertz CT molecular complexity index is 845. The van der Waals surface area contributed by atoms with Crippen molar-refractivity contribution in [2.24, 2.45) is 0 Å². The summed E-state index contributed by atoms with van der Waals surface area (Å²) in [6.45, 7) is 2.15. The number of hydrogen-bond donors (Lipinski definition) is 0. The number of nitrogens with zero attached hydrogens (tertiary/aromatic N) is 2. The fraction of sp³-hybridized carbons (Fsp3) is 0.261. The number of hydrogen-bond acceptors (Lipinski definition) is 4. The molecule has 1 amide bonds. The number of carbonyl (C=O) groups is 1. The van der Waals surface area contributed by atoms with Crippen molar-refractivity contribution >= 4 is 5.91 Å². The Morgan fingerprint density at radius 1 is 0.893 bits per heavy atom. The second-order valence-corrected chi connectivity index (χ2v) is 6.81. The Morgan fingerprint density at radius 3 is 2.25 bits per heavy atom. The minimum Gasteiger partial charge on any atom is -0.497 e. The topological polar surface area (TPSA) is 45.9 Å². The zero-order valence-corrected chi connectivity index (χ0v) is 16.4. The largest absolute Gasteiger partial charge is 0.497 e. The van der Waals surface area contributed by atoms with E-state index in [-0.39, 0.29) is 5.91 Å². The molecule has 0 atom stereocenters. The van der Waals surface area contributed by atoms with Gasteiger partial charge in [0.15, 0.2) is 0 Å². The van der Waals surface area contributed by atoms with Crippen LogP contribution >= 0.6 is 0 Å². The Hall–Kier alpha value is -3.05. The molecule has 0 saturated heterocycles. The lowest BCUT2D eigenvalue weighted by molar-refractivity contribution is -0.132. The first kappa shape index (κ1) is 19.7. The summed E-state index contributed by atoms with van der Waals surface area (Å²) in [5.41, 5.74) is 2.23. The maximum Gasteiger partial charge on any atom is 0.236 e. The van der Waals surface area contributed by atoms with Crippen molar-refractivity contribution in [3.63, 3.8) is 0 Å². The van der Waals surface area contributed by atoms with E-state index in [1.54, 1.807) is 18.3 Å². The van der Waals surface area contributed by atoms with E-state index in [1.807, 2.05) is 61.6 Å². The minimum absolute atomic E-state index is 0.0679. The molecule has 0 aliphatic heterocycles. The lowest BCUT2D eigenvalue weighted by Crippen LogP contribution is -2.37. The second kappa shape index (κ2) is 9.76. The molecule has 1 heterocycles. The first-order chi connectivity index (χ1) is 13.6. The molecule has 0 radical (unpaired) electrons. The van der Waals surface area contributed by atoms with Gasteiger partial charge in [0.05, 0.1) is 26.5 Å². The zero-order chi connectivity index (χ0) is 19.8. The van der Waals surface area contributed by atoms with E-state index in [9.17, 15) is 4.79 Å². The summed E-state index contributed by atoms with van der Waals surface area (Å²) in [5.74, 6) is 1.73. The summed E-state index contributed by atoms with van der Waals surface area (Å²) < 4.78 is 10.7. The SMILES string of the molecule is COc1ccc(CN(C)C(=O)CN(Cc2ccccc2)Cc2ccco2)cc1. The van der Waals surface area contributed by atoms with Crippen LogP contribution in [-0.2, 0) is 24.4 Å². The van der Waals surface area contributed by atoms with Gasteiger partial charge in [-0.2, -0.15) is 0 Å². The van der Waals surface area contributed by atoms with Gasteiger partial charge in [0.1, 0.15) is 11.5 Å². The normalized spacial score (nSPS) is 10.8. The summed E-state index contributed by atoms with van der Waals surface area (Å²) in [6, 6.07) is 21.7. The highest BCUT2D eigenvalue weighted by Crippen LogP contribution is 2.14. The zero-order valence-electron chi connectivity index (χ0n) is 16.4. The molecule has 0 fully saturated rings. The second-order valence-electron chi connectivity index (χ2n) is 6.81. The van der Waals surface area contributed by atoms with Crippen LogP contribution in [0.4, 0.5) is 0 Å². The number of furan rings is 1. The van der Waals surface area contributed by atoms with E-state index in [4.69, 9.17) is 9.15 Å². The van der Waals surface area contributed by atoms with Crippen LogP contribution in [0.1, 0.15) is 16.9 Å². The highest BCUT2D eigenvalue weighted by molar-refractivity contribution is 5.78. The van der Waals surface area contributed by atoms with E-state index in [0.717, 1.165) is 17.1 Å². The van der Waals surface area contributed by atoms with Crippen LogP contribution in [-0.4, -0.2) is 36.4 Å². The standard InChI is InChI=1S/C23H26N2O3/c1-24(15-20-10-12-21(27-2)13-11-20)23(26)18-25(17-22-9-6-14-28-22)16-19-7-4-3-5-8-19/h3-14H,15-18H2,1-2H3. The molecule has 0 spiro atoms. The number of carbonyl (C=O) groups excluding carboxylic acids is 1. The fourth-order valence-electron chi connectivity index (χ4n) is 3.04. The smallest absolute Gasteiger partial charge is 0.236 e. The van der Waals surface area contributed by atoms with Crippen molar-refractivity contribution in [2.45, 2.75) is 19.6 Å². The van der Waals surface area contributed by atoms with E-state index < -0.39 is 0 Å². The first-order valence-electron chi connectivity index (χ1n) is 9.29. The van der Waals surface area contributed by atoms with Gasteiger partial charge in [-0.1, -0.05) is 42.5 Å². The van der Waals surface area contributed by atoms with Gasteiger partial charge in [-0.25, -0.2) is 0 Å². The van der Waals surface area contributed by atoms with E-state index in [0.29, 0.717) is 26.2 Å². The molecule has 28 heavy (non-hydrogen) atoms. The summed E-state index contributed by atoms with van der Waals surface area (Å²) in [5, 5.41) is 0. The van der Waals surface area contributed by atoms with Crippen LogP contribution in [0.25, 0.3) is 0 Å². The van der Waals surface area contributed by atoms with Crippen LogP contribution in [0.15, 0.2) is 77.4 Å². The van der Waals surface area contributed by atoms with Gasteiger partial charge in [-0.15, -0.1) is 0 Å². The molecule has 0 aliphatic rings. The Kier molecular flexibility index (Phi) is 6.87. The number of ether oxygens (including phenoxy) is 1. The number of methoxy groups -OCH3 is 1. The maximum absolute atomic E-state index is 12.8. The molecule has 5 heteroatoms. The van der Waals surface area contributed by atoms with Gasteiger partial charge < -0.3 is 14.1 Å². The van der Waals surface area contributed by atoms with Crippen molar-refractivity contribution in [1.29, 1.82) is 0 Å². The number of likely N-dealkylation sites (N-methyl/N-ethyl adjacent to an activating group) is 1. The molecule has 0 N–H and O–H groups in total. The van der Waals surface area contributed by atoms with Crippen LogP contribution in [0.5, 0.6) is 5.75 Å². The predicted octanol–water partition coefficient (Wildman–Crippen LogP) is 3.95. The van der Waals surface area contributed by atoms with Gasteiger partial charge in [-0.05, 0) is 35.4 Å². The summed E-state index contributed by atoms with van der Waals surface area (Å²) in [7, 11) is 3.48. The molecule has 146 valence electrons. The van der Waals surface area contributed by atoms with Crippen LogP contribution in [0.3, 0.4) is 0 Å². The highest BCUT2D eigenvalue weighted by Gasteiger charge is 2.17. The quantitative estimate of drug-likeness (QED) is 0.566. The van der Waals surface area contributed by atoms with Crippen molar-refractivity contribution < 1.29 is 13.9 Å². The van der Waals surface area contributed by atoms with Crippen LogP contribution in [0, 0.1) is 0 Å². The molecule has 0 bridgehead atoms. The van der Waals surface area contributed by atoms with Crippen molar-refractivity contribution in [2.75, 3.05) is 20.7 Å². The van der Waals surface area contributed by atoms with Gasteiger partial charge in [0.25, 0.3) is 0 Å². The average Bonchev–Trinajstić information content (AvgIpc) is 3.22. The van der Waals surface area contributed by atoms with Crippen molar-refractivity contribution in [3.8, 4) is 5.75 Å². The lowest BCUT2D eigenvalue weighted by Gasteiger charge is -2.24. The highest BCUT2D eigenvalue weighted by atomic mass is 16.5. The Labute approximate surface area is 166 Å². The molecular formula is C23H26N2O3. The van der Waals surface area contributed by atoms with E-state index >= 15 is 0 Å². The molecular weight excluding hydrogens is 352 g/mol. The summed E-state index contributed by atoms with van der Waals surface area (Å²) >= 11 is 0. The van der Waals surface area contributed by atoms with Gasteiger partial charge in [0, 0.05) is 20.1 Å². The third kappa shape index (κ3) is 5.72. The molecule has 2 aromatic carbocycles. The van der Waals surface area contributed by atoms with Crippen molar-refractivity contribution in [1.82, 2.24) is 9.80 Å². The van der Waals surface area contributed by atoms with Crippen LogP contribution < -0.4 is 4.74 Å². The predicted molar refractivity (Wildman–Crippen MR) is 109 cm³/mol. The monoisotopic (exact) mass is 378 g/mol. The fourth-order valence-corrected chi connectivity index (χ4v) is 3.04. The molecule has 3 aromatic rings. The van der Waals surface area contributed by atoms with Gasteiger partial charge in [-0.3, -0.25) is 9.69 Å². The molecule has 0 unspecified atom stereocenters. The molecule has 0 saturated carbocycles. The Morgan fingerprint density at radius 2 is 1.61 bits per heavy atom. The van der Waals surface area contributed by atoms with Crippen molar-refractivity contribution in [3.05, 3.63) is 89.9 Å². The van der Waals surface area contributed by atoms with Gasteiger partial charge in [0.2, 0.25) is 5.91 Å². The van der Waals surface area contributed by atoms with Crippen LogP contribution in [0.2, 0.25) is 0 Å². The maximum atomic E-state index is 12.8. The summed E-state index contributed by atoms with van der Waals surface area (Å²) in [4.78, 5) is 16.7. The van der Waals surface area contributed by atoms with E-state index in [2.05, 4.69) is 17.0 Å². The van der Waals surface area contributed by atoms with E-state index in [1.165, 1.54) is 5.56 Å². The average molecular weight is 378 g/mol. The first-order valence-corrected chi connectivity index (χ1v) is 9.29. The third-order valence-corrected chi connectivity index (χ3v) is 4.57. The molecule has 0 aliphatic carbocycles. The number of benzene rings is 2. The molecule has 1 aromatic heterocycles. The Balaban J connectivity index is 1.63. The number of rotatable bonds is 9. The third-order valence-electron chi connectivity index (χ3n) is 4.57. The summed E-state index contributed by atoms with van der Waals surface area (Å²) in [6.07, 6.45) is 1.66. The lowest BCUT2D eigenvalue weighted by atomic mass is 10.2. The van der Waals surface area contributed by atoms with Gasteiger partial charge >= 0.3 is 0 Å². The number of amides is 1. The minimum atomic E-state index is 0.0679. The molecule has 5 nitrogen and oxygen atoms in total.